The Bertz CT molecular complexity index is 1060. The van der Waals surface area contributed by atoms with Crippen LogP contribution in [0.4, 0.5) is 11.8 Å². The molecule has 1 fully saturated rings. The van der Waals surface area contributed by atoms with Gasteiger partial charge in [-0.15, -0.1) is 0 Å². The second-order valence-electron chi connectivity index (χ2n) is 6.81. The van der Waals surface area contributed by atoms with Gasteiger partial charge in [-0.3, -0.25) is 4.79 Å². The number of hydrogen-bond acceptors (Lipinski definition) is 5. The highest BCUT2D eigenvalue weighted by atomic mass is 35.5. The smallest absolute Gasteiger partial charge is 0.260 e. The van der Waals surface area contributed by atoms with Crippen LogP contribution in [0.5, 0.6) is 0 Å². The van der Waals surface area contributed by atoms with Crippen LogP contribution in [-0.4, -0.2) is 14.5 Å². The zero-order chi connectivity index (χ0) is 18.4. The molecule has 4 rings (SSSR count). The van der Waals surface area contributed by atoms with Crippen molar-refractivity contribution < 1.29 is 0 Å². The van der Waals surface area contributed by atoms with Crippen LogP contribution < -0.4 is 16.6 Å². The normalized spacial score (nSPS) is 15.2. The van der Waals surface area contributed by atoms with E-state index < -0.39 is 0 Å². The van der Waals surface area contributed by atoms with Crippen molar-refractivity contribution in [2.45, 2.75) is 38.8 Å². The summed E-state index contributed by atoms with van der Waals surface area (Å²) in [5.74, 6) is 0.890. The second kappa shape index (κ2) is 6.29. The Morgan fingerprint density at radius 3 is 2.88 bits per heavy atom. The number of benzene rings is 1. The largest absolute Gasteiger partial charge is 0.368 e. The van der Waals surface area contributed by atoms with Gasteiger partial charge in [0.05, 0.1) is 16.5 Å². The SMILES string of the molecule is Cc1cnc(N)nc1N[C@@H](C)c1cc2cccc(Cl)c2c(=O)n1C1CC1. The van der Waals surface area contributed by atoms with E-state index in [4.69, 9.17) is 17.3 Å². The van der Waals surface area contributed by atoms with Crippen LogP contribution in [0.15, 0.2) is 35.3 Å². The van der Waals surface area contributed by atoms with Crippen LogP contribution in [0.25, 0.3) is 10.8 Å². The molecule has 0 bridgehead atoms. The van der Waals surface area contributed by atoms with Crippen molar-refractivity contribution in [2.75, 3.05) is 11.1 Å². The number of pyridine rings is 1. The van der Waals surface area contributed by atoms with Gasteiger partial charge in [0.25, 0.3) is 5.56 Å². The number of hydrogen-bond donors (Lipinski definition) is 2. The highest BCUT2D eigenvalue weighted by Crippen LogP contribution is 2.37. The van der Waals surface area contributed by atoms with Crippen molar-refractivity contribution in [3.63, 3.8) is 0 Å². The molecule has 2 heterocycles. The molecule has 134 valence electrons. The number of anilines is 2. The van der Waals surface area contributed by atoms with Gasteiger partial charge in [-0.2, -0.15) is 4.98 Å². The number of nitrogens with zero attached hydrogens (tertiary/aromatic N) is 3. The Hall–Kier alpha value is -2.60. The Labute approximate surface area is 156 Å². The number of fused-ring (bicyclic) bond motifs is 1. The Morgan fingerprint density at radius 2 is 2.15 bits per heavy atom. The minimum Gasteiger partial charge on any atom is -0.368 e. The predicted molar refractivity (Wildman–Crippen MR) is 105 cm³/mol. The van der Waals surface area contributed by atoms with Gasteiger partial charge in [0.15, 0.2) is 0 Å². The lowest BCUT2D eigenvalue weighted by Gasteiger charge is -2.22. The molecule has 1 aliphatic rings. The zero-order valence-corrected chi connectivity index (χ0v) is 15.4. The van der Waals surface area contributed by atoms with Crippen molar-refractivity contribution >= 4 is 34.1 Å². The molecule has 2 aromatic heterocycles. The van der Waals surface area contributed by atoms with Crippen molar-refractivity contribution in [1.29, 1.82) is 0 Å². The third-order valence-electron chi connectivity index (χ3n) is 4.76. The summed E-state index contributed by atoms with van der Waals surface area (Å²) in [5, 5.41) is 5.30. The number of nitrogens with one attached hydrogen (secondary N) is 1. The molecular formula is C19H20ClN5O. The van der Waals surface area contributed by atoms with Crippen molar-refractivity contribution in [3.05, 3.63) is 57.1 Å². The lowest BCUT2D eigenvalue weighted by molar-refractivity contribution is 0.635. The summed E-state index contributed by atoms with van der Waals surface area (Å²) in [7, 11) is 0. The third-order valence-corrected chi connectivity index (χ3v) is 5.07. The standard InChI is InChI=1S/C19H20ClN5O/c1-10-9-22-19(21)24-17(10)23-11(2)15-8-12-4-3-5-14(20)16(12)18(26)25(15)13-6-7-13/h3-5,8-9,11,13H,6-7H2,1-2H3,(H3,21,22,23,24)/t11-/m0/s1. The quantitative estimate of drug-likeness (QED) is 0.729. The van der Waals surface area contributed by atoms with Crippen LogP contribution in [0.3, 0.4) is 0 Å². The van der Waals surface area contributed by atoms with E-state index in [1.165, 1.54) is 0 Å². The number of nitrogen functional groups attached to an aromatic ring is 1. The van der Waals surface area contributed by atoms with E-state index in [1.807, 2.05) is 36.6 Å². The fourth-order valence-electron chi connectivity index (χ4n) is 3.28. The first-order valence-electron chi connectivity index (χ1n) is 8.65. The lowest BCUT2D eigenvalue weighted by Crippen LogP contribution is -2.26. The number of nitrogens with two attached hydrogens (primary N) is 1. The monoisotopic (exact) mass is 369 g/mol. The van der Waals surface area contributed by atoms with E-state index >= 15 is 0 Å². The number of halogens is 1. The number of rotatable bonds is 4. The molecule has 0 unspecified atom stereocenters. The molecule has 0 spiro atoms. The minimum atomic E-state index is -0.125. The summed E-state index contributed by atoms with van der Waals surface area (Å²) in [6, 6.07) is 7.70. The van der Waals surface area contributed by atoms with Gasteiger partial charge in [-0.1, -0.05) is 23.7 Å². The van der Waals surface area contributed by atoms with Crippen molar-refractivity contribution in [2.24, 2.45) is 0 Å². The lowest BCUT2D eigenvalue weighted by atomic mass is 10.1. The molecule has 26 heavy (non-hydrogen) atoms. The summed E-state index contributed by atoms with van der Waals surface area (Å²) in [5.41, 5.74) is 7.50. The Kier molecular flexibility index (Phi) is 4.07. The maximum absolute atomic E-state index is 13.1. The second-order valence-corrected chi connectivity index (χ2v) is 7.21. The van der Waals surface area contributed by atoms with Crippen LogP contribution in [0.2, 0.25) is 5.02 Å². The first kappa shape index (κ1) is 16.8. The van der Waals surface area contributed by atoms with Gasteiger partial charge in [-0.05, 0) is 44.2 Å². The highest BCUT2D eigenvalue weighted by Gasteiger charge is 2.29. The van der Waals surface area contributed by atoms with Crippen LogP contribution in [-0.2, 0) is 0 Å². The first-order valence-corrected chi connectivity index (χ1v) is 9.03. The van der Waals surface area contributed by atoms with Crippen molar-refractivity contribution in [3.8, 4) is 0 Å². The van der Waals surface area contributed by atoms with Gasteiger partial charge in [0, 0.05) is 23.5 Å². The molecule has 0 radical (unpaired) electrons. The summed E-state index contributed by atoms with van der Waals surface area (Å²) in [6.07, 6.45) is 3.70. The summed E-state index contributed by atoms with van der Waals surface area (Å²) in [4.78, 5) is 21.4. The highest BCUT2D eigenvalue weighted by molar-refractivity contribution is 6.35. The Morgan fingerprint density at radius 1 is 1.38 bits per heavy atom. The fourth-order valence-corrected chi connectivity index (χ4v) is 3.54. The first-order chi connectivity index (χ1) is 12.5. The van der Waals surface area contributed by atoms with Gasteiger partial charge < -0.3 is 15.6 Å². The molecule has 1 atom stereocenters. The molecule has 7 heteroatoms. The van der Waals surface area contributed by atoms with Gasteiger partial charge in [0.1, 0.15) is 5.82 Å². The molecule has 3 N–H and O–H groups in total. The molecule has 1 aliphatic carbocycles. The Balaban J connectivity index is 1.84. The average Bonchev–Trinajstić information content (AvgIpc) is 3.42. The zero-order valence-electron chi connectivity index (χ0n) is 14.7. The van der Waals surface area contributed by atoms with Crippen LogP contribution in [0.1, 0.15) is 43.1 Å². The van der Waals surface area contributed by atoms with E-state index in [0.29, 0.717) is 16.2 Å². The fraction of sp³-hybridized carbons (Fsp3) is 0.316. The van der Waals surface area contributed by atoms with E-state index in [-0.39, 0.29) is 23.6 Å². The van der Waals surface area contributed by atoms with E-state index in [9.17, 15) is 4.79 Å². The summed E-state index contributed by atoms with van der Waals surface area (Å²) < 4.78 is 1.88. The summed E-state index contributed by atoms with van der Waals surface area (Å²) in [6.45, 7) is 3.93. The van der Waals surface area contributed by atoms with Crippen LogP contribution in [0, 0.1) is 6.92 Å². The average molecular weight is 370 g/mol. The van der Waals surface area contributed by atoms with Crippen molar-refractivity contribution in [1.82, 2.24) is 14.5 Å². The van der Waals surface area contributed by atoms with E-state index in [1.54, 1.807) is 12.3 Å². The van der Waals surface area contributed by atoms with Gasteiger partial charge in [0.2, 0.25) is 5.95 Å². The number of aryl methyl sites for hydroxylation is 1. The molecular weight excluding hydrogens is 350 g/mol. The summed E-state index contributed by atoms with van der Waals surface area (Å²) >= 11 is 6.30. The minimum absolute atomic E-state index is 0.0295. The maximum Gasteiger partial charge on any atom is 0.260 e. The third kappa shape index (κ3) is 2.90. The van der Waals surface area contributed by atoms with Gasteiger partial charge >= 0.3 is 0 Å². The predicted octanol–water partition coefficient (Wildman–Crippen LogP) is 3.84. The topological polar surface area (TPSA) is 85.8 Å². The molecule has 0 amide bonds. The molecule has 1 aromatic carbocycles. The number of aromatic nitrogens is 3. The molecule has 0 saturated heterocycles. The molecule has 6 nitrogen and oxygen atoms in total. The van der Waals surface area contributed by atoms with E-state index in [2.05, 4.69) is 15.3 Å². The molecule has 0 aliphatic heterocycles. The molecule has 3 aromatic rings. The maximum atomic E-state index is 13.1. The molecule has 1 saturated carbocycles. The van der Waals surface area contributed by atoms with Crippen LogP contribution >= 0.6 is 11.6 Å². The van der Waals surface area contributed by atoms with Gasteiger partial charge in [-0.25, -0.2) is 4.98 Å². The van der Waals surface area contributed by atoms with E-state index in [0.717, 1.165) is 29.5 Å².